The first kappa shape index (κ1) is 13.4. The van der Waals surface area contributed by atoms with Crippen LogP contribution in [0.4, 0.5) is 0 Å². The summed E-state index contributed by atoms with van der Waals surface area (Å²) in [5.41, 5.74) is 0.908. The predicted molar refractivity (Wildman–Crippen MR) is 67.0 cm³/mol. The molecule has 4 heteroatoms. The molecule has 2 aromatic carbocycles. The summed E-state index contributed by atoms with van der Waals surface area (Å²) in [5.74, 6) is -0.252. The third-order valence-corrected chi connectivity index (χ3v) is 2.08. The molecular weight excluding hydrogens is 232 g/mol. The van der Waals surface area contributed by atoms with Crippen molar-refractivity contribution in [2.75, 3.05) is 0 Å². The van der Waals surface area contributed by atoms with Crippen molar-refractivity contribution < 1.29 is 19.8 Å². The zero-order valence-corrected chi connectivity index (χ0v) is 9.48. The molecule has 0 aliphatic heterocycles. The van der Waals surface area contributed by atoms with Crippen LogP contribution >= 0.6 is 0 Å². The number of carbonyl (C=O) groups is 2. The molecule has 0 heterocycles. The number of rotatable bonds is 2. The Kier molecular flexibility index (Phi) is 5.12. The fourth-order valence-electron chi connectivity index (χ4n) is 1.16. The third kappa shape index (κ3) is 4.09. The zero-order chi connectivity index (χ0) is 13.4. The number of aldehydes is 2. The molecule has 0 saturated carbocycles. The summed E-state index contributed by atoms with van der Waals surface area (Å²) >= 11 is 0. The normalized spacial score (nSPS) is 8.89. The van der Waals surface area contributed by atoms with Gasteiger partial charge in [-0.25, -0.2) is 0 Å². The van der Waals surface area contributed by atoms with Crippen LogP contribution in [0.2, 0.25) is 0 Å². The molecule has 0 saturated heterocycles. The van der Waals surface area contributed by atoms with E-state index in [2.05, 4.69) is 0 Å². The minimum atomic E-state index is -0.199. The first-order valence-corrected chi connectivity index (χ1v) is 5.14. The van der Waals surface area contributed by atoms with Crippen LogP contribution in [0.5, 0.6) is 11.5 Å². The maximum absolute atomic E-state index is 10.1. The summed E-state index contributed by atoms with van der Waals surface area (Å²) < 4.78 is 0. The molecule has 0 spiro atoms. The van der Waals surface area contributed by atoms with Crippen LogP contribution in [0.1, 0.15) is 20.7 Å². The highest BCUT2D eigenvalue weighted by Gasteiger charge is 1.98. The smallest absolute Gasteiger partial charge is 0.153 e. The van der Waals surface area contributed by atoms with Gasteiger partial charge in [-0.3, -0.25) is 9.59 Å². The topological polar surface area (TPSA) is 74.6 Å². The Labute approximate surface area is 104 Å². The summed E-state index contributed by atoms with van der Waals surface area (Å²) in [5, 5.41) is 17.7. The highest BCUT2D eigenvalue weighted by molar-refractivity contribution is 5.79. The van der Waals surface area contributed by atoms with Crippen LogP contribution < -0.4 is 0 Å². The second-order valence-corrected chi connectivity index (χ2v) is 3.39. The fourth-order valence-corrected chi connectivity index (χ4v) is 1.16. The lowest BCUT2D eigenvalue weighted by atomic mass is 10.2. The minimum absolute atomic E-state index is 0.0527. The van der Waals surface area contributed by atoms with E-state index < -0.39 is 0 Å². The lowest BCUT2D eigenvalue weighted by Gasteiger charge is -1.95. The quantitative estimate of drug-likeness (QED) is 0.795. The molecule has 0 unspecified atom stereocenters. The van der Waals surface area contributed by atoms with Gasteiger partial charge in [0.15, 0.2) is 6.29 Å². The minimum Gasteiger partial charge on any atom is -0.508 e. The predicted octanol–water partition coefficient (Wildman–Crippen LogP) is 2.41. The molecule has 0 fully saturated rings. The van der Waals surface area contributed by atoms with Gasteiger partial charge in [-0.2, -0.15) is 0 Å². The first-order valence-electron chi connectivity index (χ1n) is 5.14. The van der Waals surface area contributed by atoms with Gasteiger partial charge in [0.1, 0.15) is 17.8 Å². The van der Waals surface area contributed by atoms with Gasteiger partial charge in [-0.15, -0.1) is 0 Å². The van der Waals surface area contributed by atoms with Crippen molar-refractivity contribution in [2.24, 2.45) is 0 Å². The molecule has 0 amide bonds. The summed E-state index contributed by atoms with van der Waals surface area (Å²) in [6, 6.07) is 12.9. The average Bonchev–Trinajstić information content (AvgIpc) is 2.40. The Balaban J connectivity index is 0.000000184. The largest absolute Gasteiger partial charge is 0.508 e. The molecule has 18 heavy (non-hydrogen) atoms. The van der Waals surface area contributed by atoms with Gasteiger partial charge in [0.2, 0.25) is 0 Å². The number of phenols is 2. The van der Waals surface area contributed by atoms with Crippen LogP contribution in [0.15, 0.2) is 48.5 Å². The van der Waals surface area contributed by atoms with E-state index in [0.717, 1.165) is 17.9 Å². The maximum Gasteiger partial charge on any atom is 0.153 e. The van der Waals surface area contributed by atoms with Gasteiger partial charge in [0.25, 0.3) is 0 Å². The van der Waals surface area contributed by atoms with Gasteiger partial charge in [0, 0.05) is 11.6 Å². The van der Waals surface area contributed by atoms with Crippen LogP contribution in [-0.4, -0.2) is 22.8 Å². The van der Waals surface area contributed by atoms with Crippen LogP contribution in [0, 0.1) is 0 Å². The lowest BCUT2D eigenvalue weighted by molar-refractivity contribution is 0.111. The molecule has 2 aromatic rings. The number of benzene rings is 2. The molecule has 92 valence electrons. The Hall–Kier alpha value is -2.62. The van der Waals surface area contributed by atoms with Crippen LogP contribution in [-0.2, 0) is 0 Å². The Morgan fingerprint density at radius 3 is 1.94 bits per heavy atom. The molecule has 0 bridgehead atoms. The number of phenolic OH excluding ortho intramolecular Hbond substituents is 2. The third-order valence-electron chi connectivity index (χ3n) is 2.08. The molecule has 0 aliphatic rings. The van der Waals surface area contributed by atoms with E-state index in [1.54, 1.807) is 12.1 Å². The fraction of sp³-hybridized carbons (Fsp3) is 0. The molecule has 0 aliphatic carbocycles. The first-order chi connectivity index (χ1) is 8.67. The van der Waals surface area contributed by atoms with Crippen molar-refractivity contribution in [1.82, 2.24) is 0 Å². The van der Waals surface area contributed by atoms with Crippen molar-refractivity contribution in [3.8, 4) is 11.5 Å². The van der Waals surface area contributed by atoms with E-state index in [1.165, 1.54) is 12.1 Å². The highest BCUT2D eigenvalue weighted by atomic mass is 16.3. The van der Waals surface area contributed by atoms with Crippen molar-refractivity contribution in [3.63, 3.8) is 0 Å². The Morgan fingerprint density at radius 1 is 0.833 bits per heavy atom. The molecule has 0 radical (unpaired) electrons. The molecule has 0 aromatic heterocycles. The average molecular weight is 244 g/mol. The van der Waals surface area contributed by atoms with Crippen LogP contribution in [0.3, 0.4) is 0 Å². The summed E-state index contributed by atoms with van der Waals surface area (Å²) in [7, 11) is 0. The van der Waals surface area contributed by atoms with Gasteiger partial charge in [-0.1, -0.05) is 30.3 Å². The molecule has 2 rings (SSSR count). The summed E-state index contributed by atoms with van der Waals surface area (Å²) in [4.78, 5) is 20.1. The number of hydrogen-bond acceptors (Lipinski definition) is 4. The summed E-state index contributed by atoms with van der Waals surface area (Å²) in [6.07, 6.45) is 1.36. The standard InChI is InChI=1S/C7H6O3.C7H6O/c8-4-5-1-2-6(9)3-7(5)10;8-6-7-4-2-1-3-5-7/h1-4,9-10H;1-6H. The Bertz CT molecular complexity index is 521. The zero-order valence-electron chi connectivity index (χ0n) is 9.48. The van der Waals surface area contributed by atoms with Crippen molar-refractivity contribution in [2.45, 2.75) is 0 Å². The van der Waals surface area contributed by atoms with E-state index in [-0.39, 0.29) is 17.1 Å². The van der Waals surface area contributed by atoms with Gasteiger partial charge in [-0.05, 0) is 12.1 Å². The summed E-state index contributed by atoms with van der Waals surface area (Å²) in [6.45, 7) is 0. The molecule has 4 nitrogen and oxygen atoms in total. The highest BCUT2D eigenvalue weighted by Crippen LogP contribution is 2.20. The van der Waals surface area contributed by atoms with E-state index >= 15 is 0 Å². The van der Waals surface area contributed by atoms with Crippen molar-refractivity contribution in [3.05, 3.63) is 59.7 Å². The van der Waals surface area contributed by atoms with Gasteiger partial charge in [0.05, 0.1) is 5.56 Å². The van der Waals surface area contributed by atoms with Gasteiger partial charge < -0.3 is 10.2 Å². The molecule has 2 N–H and O–H groups in total. The van der Waals surface area contributed by atoms with Crippen molar-refractivity contribution in [1.29, 1.82) is 0 Å². The van der Waals surface area contributed by atoms with E-state index in [9.17, 15) is 9.59 Å². The number of carbonyl (C=O) groups excluding carboxylic acids is 2. The molecular formula is C14H12O4. The van der Waals surface area contributed by atoms with Gasteiger partial charge >= 0.3 is 0 Å². The maximum atomic E-state index is 10.1. The second kappa shape index (κ2) is 6.85. The number of hydrogen-bond donors (Lipinski definition) is 2. The second-order valence-electron chi connectivity index (χ2n) is 3.39. The van der Waals surface area contributed by atoms with E-state index in [1.807, 2.05) is 18.2 Å². The SMILES string of the molecule is O=Cc1ccc(O)cc1O.O=Cc1ccccc1. The van der Waals surface area contributed by atoms with Crippen molar-refractivity contribution >= 4 is 12.6 Å². The monoisotopic (exact) mass is 244 g/mol. The Morgan fingerprint density at radius 2 is 1.50 bits per heavy atom. The van der Waals surface area contributed by atoms with E-state index in [4.69, 9.17) is 10.2 Å². The number of aromatic hydroxyl groups is 2. The lowest BCUT2D eigenvalue weighted by Crippen LogP contribution is -1.78. The molecule has 0 atom stereocenters. The van der Waals surface area contributed by atoms with E-state index in [0.29, 0.717) is 6.29 Å². The van der Waals surface area contributed by atoms with Crippen LogP contribution in [0.25, 0.3) is 0 Å².